The fourth-order valence-corrected chi connectivity index (χ4v) is 5.26. The van der Waals surface area contributed by atoms with E-state index in [4.69, 9.17) is 0 Å². The Kier molecular flexibility index (Phi) is 5.50. The molecule has 3 heterocycles. The lowest BCUT2D eigenvalue weighted by Gasteiger charge is -2.38. The van der Waals surface area contributed by atoms with Gasteiger partial charge in [-0.3, -0.25) is 9.69 Å². The molecule has 5 heteroatoms. The van der Waals surface area contributed by atoms with Gasteiger partial charge in [-0.05, 0) is 61.9 Å². The SMILES string of the molecule is Cc1cccc(N2CCN(C(=O)CN3CCCC3c3cccs3)CC2)c1C. The van der Waals surface area contributed by atoms with E-state index in [-0.39, 0.29) is 0 Å². The summed E-state index contributed by atoms with van der Waals surface area (Å²) in [5.41, 5.74) is 4.01. The number of aryl methyl sites for hydroxylation is 1. The van der Waals surface area contributed by atoms with Crippen LogP contribution in [0.4, 0.5) is 5.69 Å². The monoisotopic (exact) mass is 383 g/mol. The van der Waals surface area contributed by atoms with Gasteiger partial charge >= 0.3 is 0 Å². The van der Waals surface area contributed by atoms with Crippen LogP contribution >= 0.6 is 11.3 Å². The summed E-state index contributed by atoms with van der Waals surface area (Å²) in [5.74, 6) is 0.291. The maximum Gasteiger partial charge on any atom is 0.236 e. The second kappa shape index (κ2) is 8.03. The van der Waals surface area contributed by atoms with Crippen LogP contribution < -0.4 is 4.90 Å². The third-order valence-electron chi connectivity index (χ3n) is 6.12. The average Bonchev–Trinajstić information content (AvgIpc) is 3.35. The first kappa shape index (κ1) is 18.5. The van der Waals surface area contributed by atoms with Crippen LogP contribution in [0.25, 0.3) is 0 Å². The first-order valence-corrected chi connectivity index (χ1v) is 10.9. The Labute approximate surface area is 166 Å². The summed E-state index contributed by atoms with van der Waals surface area (Å²) in [6.45, 7) is 9.45. The zero-order valence-corrected chi connectivity index (χ0v) is 17.2. The summed E-state index contributed by atoms with van der Waals surface area (Å²) >= 11 is 1.81. The third-order valence-corrected chi connectivity index (χ3v) is 7.10. The molecular weight excluding hydrogens is 354 g/mol. The van der Waals surface area contributed by atoms with Crippen molar-refractivity contribution >= 4 is 22.9 Å². The average molecular weight is 384 g/mol. The van der Waals surface area contributed by atoms with E-state index in [0.717, 1.165) is 32.7 Å². The maximum absolute atomic E-state index is 12.9. The lowest BCUT2D eigenvalue weighted by atomic mass is 10.1. The molecule has 0 N–H and O–H groups in total. The van der Waals surface area contributed by atoms with Gasteiger partial charge in [-0.1, -0.05) is 18.2 Å². The molecule has 1 aromatic carbocycles. The fourth-order valence-electron chi connectivity index (χ4n) is 4.37. The van der Waals surface area contributed by atoms with Crippen molar-refractivity contribution in [1.82, 2.24) is 9.80 Å². The number of carbonyl (C=O) groups is 1. The number of piperazine rings is 1. The molecule has 4 rings (SSSR count). The number of hydrogen-bond acceptors (Lipinski definition) is 4. The summed E-state index contributed by atoms with van der Waals surface area (Å²) in [6.07, 6.45) is 2.37. The predicted molar refractivity (Wildman–Crippen MR) is 113 cm³/mol. The van der Waals surface area contributed by atoms with E-state index in [0.29, 0.717) is 18.5 Å². The van der Waals surface area contributed by atoms with E-state index >= 15 is 0 Å². The molecule has 2 aliphatic rings. The Balaban J connectivity index is 1.34. The quantitative estimate of drug-likeness (QED) is 0.802. The van der Waals surface area contributed by atoms with Gasteiger partial charge in [0.25, 0.3) is 0 Å². The Hall–Kier alpha value is -1.85. The lowest BCUT2D eigenvalue weighted by molar-refractivity contribution is -0.133. The molecule has 2 aromatic rings. The number of carbonyl (C=O) groups excluding carboxylic acids is 1. The third kappa shape index (κ3) is 3.90. The number of likely N-dealkylation sites (tertiary alicyclic amines) is 1. The molecule has 1 unspecified atom stereocenters. The Morgan fingerprint density at radius 3 is 2.63 bits per heavy atom. The van der Waals surface area contributed by atoms with Gasteiger partial charge in [0.05, 0.1) is 6.54 Å². The van der Waals surface area contributed by atoms with Gasteiger partial charge in [0.15, 0.2) is 0 Å². The number of anilines is 1. The Morgan fingerprint density at radius 1 is 1.07 bits per heavy atom. The summed E-state index contributed by atoms with van der Waals surface area (Å²) in [5, 5.41) is 2.14. The molecule has 0 spiro atoms. The number of rotatable bonds is 4. The van der Waals surface area contributed by atoms with Crippen LogP contribution in [0.2, 0.25) is 0 Å². The number of thiophene rings is 1. The van der Waals surface area contributed by atoms with E-state index in [9.17, 15) is 4.79 Å². The molecule has 27 heavy (non-hydrogen) atoms. The van der Waals surface area contributed by atoms with Crippen LogP contribution in [0.1, 0.15) is 34.9 Å². The van der Waals surface area contributed by atoms with Crippen molar-refractivity contribution in [2.75, 3.05) is 44.2 Å². The van der Waals surface area contributed by atoms with Crippen LogP contribution in [0.3, 0.4) is 0 Å². The van der Waals surface area contributed by atoms with Crippen molar-refractivity contribution in [1.29, 1.82) is 0 Å². The zero-order valence-electron chi connectivity index (χ0n) is 16.4. The summed E-state index contributed by atoms with van der Waals surface area (Å²) in [7, 11) is 0. The van der Waals surface area contributed by atoms with E-state index in [2.05, 4.69) is 64.3 Å². The zero-order chi connectivity index (χ0) is 18.8. The minimum Gasteiger partial charge on any atom is -0.368 e. The fraction of sp³-hybridized carbons (Fsp3) is 0.500. The van der Waals surface area contributed by atoms with E-state index in [1.807, 2.05) is 11.3 Å². The van der Waals surface area contributed by atoms with Crippen LogP contribution in [0.15, 0.2) is 35.7 Å². The normalized spacial score (nSPS) is 21.0. The second-order valence-corrected chi connectivity index (χ2v) is 8.71. The first-order chi connectivity index (χ1) is 13.1. The van der Waals surface area contributed by atoms with Crippen molar-refractivity contribution < 1.29 is 4.79 Å². The molecule has 2 aliphatic heterocycles. The van der Waals surface area contributed by atoms with E-state index in [1.54, 1.807) is 0 Å². The van der Waals surface area contributed by atoms with Crippen molar-refractivity contribution in [3.8, 4) is 0 Å². The van der Waals surface area contributed by atoms with Crippen molar-refractivity contribution in [3.63, 3.8) is 0 Å². The molecule has 1 atom stereocenters. The van der Waals surface area contributed by atoms with Crippen LogP contribution in [0, 0.1) is 13.8 Å². The number of amides is 1. The van der Waals surface area contributed by atoms with Crippen molar-refractivity contribution in [2.45, 2.75) is 32.7 Å². The van der Waals surface area contributed by atoms with Gasteiger partial charge in [0.1, 0.15) is 0 Å². The highest BCUT2D eigenvalue weighted by Gasteiger charge is 2.30. The Morgan fingerprint density at radius 2 is 1.89 bits per heavy atom. The van der Waals surface area contributed by atoms with Crippen molar-refractivity contribution in [3.05, 3.63) is 51.7 Å². The number of nitrogens with zero attached hydrogens (tertiary/aromatic N) is 3. The summed E-state index contributed by atoms with van der Waals surface area (Å²) in [4.78, 5) is 21.2. The van der Waals surface area contributed by atoms with Gasteiger partial charge in [0, 0.05) is 42.8 Å². The van der Waals surface area contributed by atoms with E-state index in [1.165, 1.54) is 34.5 Å². The molecule has 0 bridgehead atoms. The van der Waals surface area contributed by atoms with Gasteiger partial charge < -0.3 is 9.80 Å². The molecule has 0 saturated carbocycles. The molecule has 1 aromatic heterocycles. The van der Waals surface area contributed by atoms with Gasteiger partial charge in [-0.15, -0.1) is 11.3 Å². The largest absolute Gasteiger partial charge is 0.368 e. The highest BCUT2D eigenvalue weighted by molar-refractivity contribution is 7.10. The highest BCUT2D eigenvalue weighted by Crippen LogP contribution is 2.34. The highest BCUT2D eigenvalue weighted by atomic mass is 32.1. The number of hydrogen-bond donors (Lipinski definition) is 0. The van der Waals surface area contributed by atoms with Crippen LogP contribution in [-0.2, 0) is 4.79 Å². The van der Waals surface area contributed by atoms with Gasteiger partial charge in [0.2, 0.25) is 5.91 Å². The van der Waals surface area contributed by atoms with Gasteiger partial charge in [-0.2, -0.15) is 0 Å². The lowest BCUT2D eigenvalue weighted by Crippen LogP contribution is -2.51. The van der Waals surface area contributed by atoms with Crippen molar-refractivity contribution in [2.24, 2.45) is 0 Å². The van der Waals surface area contributed by atoms with E-state index < -0.39 is 0 Å². The Bertz CT molecular complexity index is 781. The number of benzene rings is 1. The molecule has 2 fully saturated rings. The summed E-state index contributed by atoms with van der Waals surface area (Å²) in [6, 6.07) is 11.3. The first-order valence-electron chi connectivity index (χ1n) is 10.00. The molecule has 0 radical (unpaired) electrons. The molecular formula is C22H29N3OS. The minimum atomic E-state index is 0.291. The van der Waals surface area contributed by atoms with Gasteiger partial charge in [-0.25, -0.2) is 0 Å². The van der Waals surface area contributed by atoms with Crippen LogP contribution in [0.5, 0.6) is 0 Å². The minimum absolute atomic E-state index is 0.291. The predicted octanol–water partition coefficient (Wildman–Crippen LogP) is 3.85. The summed E-state index contributed by atoms with van der Waals surface area (Å²) < 4.78 is 0. The molecule has 2 saturated heterocycles. The molecule has 1 amide bonds. The van der Waals surface area contributed by atoms with Crippen LogP contribution in [-0.4, -0.2) is 55.0 Å². The topological polar surface area (TPSA) is 26.8 Å². The molecule has 144 valence electrons. The standard InChI is InChI=1S/C22H29N3OS/c1-17-6-3-7-19(18(17)2)23-11-13-24(14-12-23)22(26)16-25-10-4-8-20(25)21-9-5-15-27-21/h3,5-7,9,15,20H,4,8,10-14,16H2,1-2H3. The molecule has 0 aliphatic carbocycles. The smallest absolute Gasteiger partial charge is 0.236 e. The maximum atomic E-state index is 12.9. The second-order valence-electron chi connectivity index (χ2n) is 7.73. The molecule has 4 nitrogen and oxygen atoms in total.